The van der Waals surface area contributed by atoms with Crippen LogP contribution in [0.3, 0.4) is 0 Å². The number of hydrogen-bond acceptors (Lipinski definition) is 2. The van der Waals surface area contributed by atoms with Gasteiger partial charge in [0.05, 0.1) is 6.21 Å². The third kappa shape index (κ3) is 1.57. The molecule has 0 aromatic heterocycles. The zero-order valence-corrected chi connectivity index (χ0v) is 10.7. The molecule has 16 heavy (non-hydrogen) atoms. The summed E-state index contributed by atoms with van der Waals surface area (Å²) in [6.07, 6.45) is 5.00. The van der Waals surface area contributed by atoms with Crippen molar-refractivity contribution in [2.75, 3.05) is 7.05 Å². The van der Waals surface area contributed by atoms with Gasteiger partial charge in [-0.15, -0.1) is 0 Å². The van der Waals surface area contributed by atoms with Crippen molar-refractivity contribution in [1.29, 1.82) is 0 Å². The summed E-state index contributed by atoms with van der Waals surface area (Å²) in [5.74, 6) is 1.83. The van der Waals surface area contributed by atoms with Gasteiger partial charge in [0.15, 0.2) is 0 Å². The highest BCUT2D eigenvalue weighted by Crippen LogP contribution is 2.46. The van der Waals surface area contributed by atoms with Crippen LogP contribution in [-0.2, 0) is 4.79 Å². The van der Waals surface area contributed by atoms with Crippen LogP contribution in [0.1, 0.15) is 40.0 Å². The lowest BCUT2D eigenvalue weighted by Crippen LogP contribution is -2.54. The molecule has 2 aliphatic rings. The Balaban J connectivity index is 2.33. The van der Waals surface area contributed by atoms with Crippen molar-refractivity contribution in [3.63, 3.8) is 0 Å². The second-order valence-electron chi connectivity index (χ2n) is 5.77. The van der Waals surface area contributed by atoms with Crippen molar-refractivity contribution in [2.24, 2.45) is 22.7 Å². The van der Waals surface area contributed by atoms with E-state index in [-0.39, 0.29) is 11.6 Å². The number of aliphatic imine (C=N–C) groups is 1. The molecule has 3 unspecified atom stereocenters. The molecule has 3 heteroatoms. The normalized spacial score (nSPS) is 39.1. The molecule has 0 aromatic rings. The highest BCUT2D eigenvalue weighted by Gasteiger charge is 2.50. The van der Waals surface area contributed by atoms with Crippen LogP contribution in [0.2, 0.25) is 0 Å². The van der Waals surface area contributed by atoms with Crippen LogP contribution in [0, 0.1) is 17.8 Å². The molecule has 1 heterocycles. The van der Waals surface area contributed by atoms with E-state index in [1.165, 1.54) is 19.1 Å². The molecule has 0 bridgehead atoms. The summed E-state index contributed by atoms with van der Waals surface area (Å²) >= 11 is 0. The maximum absolute atomic E-state index is 11.7. The molecule has 1 aliphatic carbocycles. The van der Waals surface area contributed by atoms with Crippen LogP contribution in [-0.4, -0.2) is 29.7 Å². The van der Waals surface area contributed by atoms with Gasteiger partial charge in [0.1, 0.15) is 5.66 Å². The Labute approximate surface area is 97.9 Å². The van der Waals surface area contributed by atoms with Gasteiger partial charge in [-0.2, -0.15) is 0 Å². The summed E-state index contributed by atoms with van der Waals surface area (Å²) in [5, 5.41) is 0. The van der Waals surface area contributed by atoms with Crippen LogP contribution in [0.4, 0.5) is 0 Å². The quantitative estimate of drug-likeness (QED) is 0.670. The van der Waals surface area contributed by atoms with Crippen LogP contribution in [0.15, 0.2) is 4.99 Å². The van der Waals surface area contributed by atoms with E-state index in [0.29, 0.717) is 17.8 Å². The standard InChI is InChI=1S/C13H22N2O/c1-9(2)11-6-5-10(3)7-13(11)14-8-12(16)15(13)4/h8-11H,5-7H2,1-4H3. The van der Waals surface area contributed by atoms with Crippen molar-refractivity contribution < 1.29 is 4.79 Å². The highest BCUT2D eigenvalue weighted by molar-refractivity contribution is 6.28. The monoisotopic (exact) mass is 222 g/mol. The summed E-state index contributed by atoms with van der Waals surface area (Å²) < 4.78 is 0. The number of hydrogen-bond donors (Lipinski definition) is 0. The molecule has 90 valence electrons. The minimum absolute atomic E-state index is 0.0692. The molecule has 0 radical (unpaired) electrons. The molecule has 0 aromatic carbocycles. The first kappa shape index (κ1) is 11.6. The largest absolute Gasteiger partial charge is 0.316 e. The number of nitrogens with zero attached hydrogens (tertiary/aromatic N) is 2. The van der Waals surface area contributed by atoms with Crippen molar-refractivity contribution in [3.8, 4) is 0 Å². The predicted octanol–water partition coefficient (Wildman–Crippen LogP) is 2.32. The van der Waals surface area contributed by atoms with Crippen LogP contribution < -0.4 is 0 Å². The molecule has 1 fully saturated rings. The number of amides is 1. The molecule has 2 rings (SSSR count). The van der Waals surface area contributed by atoms with Crippen LogP contribution in [0.5, 0.6) is 0 Å². The third-order valence-electron chi connectivity index (χ3n) is 4.33. The topological polar surface area (TPSA) is 32.7 Å². The molecule has 0 N–H and O–H groups in total. The minimum Gasteiger partial charge on any atom is -0.316 e. The SMILES string of the molecule is CC1CCC(C(C)C)C2(C1)N=CC(=O)N2C. The van der Waals surface area contributed by atoms with Crippen LogP contribution >= 0.6 is 0 Å². The second kappa shape index (κ2) is 3.86. The van der Waals surface area contributed by atoms with E-state index in [1.54, 1.807) is 0 Å². The summed E-state index contributed by atoms with van der Waals surface area (Å²) in [6.45, 7) is 6.76. The lowest BCUT2D eigenvalue weighted by Gasteiger charge is -2.47. The Kier molecular flexibility index (Phi) is 2.81. The average Bonchev–Trinajstić information content (AvgIpc) is 2.47. The molecule has 1 saturated carbocycles. The summed E-state index contributed by atoms with van der Waals surface area (Å²) in [6, 6.07) is 0. The smallest absolute Gasteiger partial charge is 0.266 e. The predicted molar refractivity (Wildman–Crippen MR) is 65.3 cm³/mol. The van der Waals surface area contributed by atoms with Gasteiger partial charge in [-0.3, -0.25) is 9.79 Å². The molecular weight excluding hydrogens is 200 g/mol. The fourth-order valence-corrected chi connectivity index (χ4v) is 3.39. The van der Waals surface area contributed by atoms with E-state index in [1.807, 2.05) is 11.9 Å². The zero-order chi connectivity index (χ0) is 11.9. The molecule has 0 saturated heterocycles. The average molecular weight is 222 g/mol. The maximum Gasteiger partial charge on any atom is 0.266 e. The van der Waals surface area contributed by atoms with Gasteiger partial charge in [0.25, 0.3) is 5.91 Å². The third-order valence-corrected chi connectivity index (χ3v) is 4.33. The first-order valence-electron chi connectivity index (χ1n) is 6.30. The Morgan fingerprint density at radius 1 is 1.50 bits per heavy atom. The molecule has 3 nitrogen and oxygen atoms in total. The van der Waals surface area contributed by atoms with Crippen molar-refractivity contribution in [1.82, 2.24) is 4.90 Å². The van der Waals surface area contributed by atoms with Gasteiger partial charge in [0.2, 0.25) is 0 Å². The van der Waals surface area contributed by atoms with Gasteiger partial charge < -0.3 is 4.90 Å². The first-order valence-corrected chi connectivity index (χ1v) is 6.30. The van der Waals surface area contributed by atoms with E-state index >= 15 is 0 Å². The Hall–Kier alpha value is -0.860. The van der Waals surface area contributed by atoms with E-state index < -0.39 is 0 Å². The van der Waals surface area contributed by atoms with E-state index in [4.69, 9.17) is 0 Å². The van der Waals surface area contributed by atoms with Crippen molar-refractivity contribution in [3.05, 3.63) is 0 Å². The van der Waals surface area contributed by atoms with Crippen molar-refractivity contribution in [2.45, 2.75) is 45.7 Å². The molecule has 1 spiro atoms. The minimum atomic E-state index is -0.233. The van der Waals surface area contributed by atoms with E-state index in [0.717, 1.165) is 6.42 Å². The first-order chi connectivity index (χ1) is 7.47. The van der Waals surface area contributed by atoms with Gasteiger partial charge in [0, 0.05) is 13.0 Å². The molecule has 1 aliphatic heterocycles. The lowest BCUT2D eigenvalue weighted by molar-refractivity contribution is -0.130. The Bertz CT molecular complexity index is 324. The maximum atomic E-state index is 11.7. The molecule has 1 amide bonds. The number of carbonyl (C=O) groups is 1. The van der Waals surface area contributed by atoms with Gasteiger partial charge in [-0.25, -0.2) is 0 Å². The fourth-order valence-electron chi connectivity index (χ4n) is 3.39. The number of carbonyl (C=O) groups excluding carboxylic acids is 1. The van der Waals surface area contributed by atoms with Gasteiger partial charge in [-0.05, 0) is 24.7 Å². The van der Waals surface area contributed by atoms with E-state index in [9.17, 15) is 4.79 Å². The summed E-state index contributed by atoms with van der Waals surface area (Å²) in [5.41, 5.74) is -0.233. The van der Waals surface area contributed by atoms with Gasteiger partial charge >= 0.3 is 0 Å². The Morgan fingerprint density at radius 3 is 2.69 bits per heavy atom. The van der Waals surface area contributed by atoms with Crippen LogP contribution in [0.25, 0.3) is 0 Å². The summed E-state index contributed by atoms with van der Waals surface area (Å²) in [4.78, 5) is 18.2. The van der Waals surface area contributed by atoms with E-state index in [2.05, 4.69) is 25.8 Å². The zero-order valence-electron chi connectivity index (χ0n) is 10.7. The fraction of sp³-hybridized carbons (Fsp3) is 0.846. The number of rotatable bonds is 1. The lowest BCUT2D eigenvalue weighted by atomic mass is 9.69. The second-order valence-corrected chi connectivity index (χ2v) is 5.77. The summed E-state index contributed by atoms with van der Waals surface area (Å²) in [7, 11) is 1.91. The highest BCUT2D eigenvalue weighted by atomic mass is 16.2. The molecule has 3 atom stereocenters. The van der Waals surface area contributed by atoms with Gasteiger partial charge in [-0.1, -0.05) is 27.2 Å². The molecular formula is C13H22N2O. The Morgan fingerprint density at radius 2 is 2.19 bits per heavy atom. The van der Waals surface area contributed by atoms with Crippen molar-refractivity contribution >= 4 is 12.1 Å².